The van der Waals surface area contributed by atoms with Crippen LogP contribution in [0.5, 0.6) is 5.75 Å². The normalized spacial score (nSPS) is 17.1. The second-order valence-corrected chi connectivity index (χ2v) is 7.21. The van der Waals surface area contributed by atoms with Crippen LogP contribution in [0.2, 0.25) is 0 Å². The highest BCUT2D eigenvalue weighted by Gasteiger charge is 2.28. The molecule has 146 valence electrons. The Morgan fingerprint density at radius 1 is 1.25 bits per heavy atom. The maximum atomic E-state index is 12.9. The number of hydrogen-bond acceptors (Lipinski definition) is 4. The second kappa shape index (κ2) is 7.50. The molecule has 1 aliphatic rings. The topological polar surface area (TPSA) is 69.4 Å². The van der Waals surface area contributed by atoms with Crippen LogP contribution in [0, 0.1) is 0 Å². The van der Waals surface area contributed by atoms with Gasteiger partial charge in [-0.15, -0.1) is 0 Å². The number of methoxy groups -OCH3 is 1. The van der Waals surface area contributed by atoms with E-state index in [0.717, 1.165) is 29.7 Å². The molecule has 7 nitrogen and oxygen atoms in total. The first-order valence-electron chi connectivity index (χ1n) is 9.51. The number of aromatic nitrogens is 3. The predicted octanol–water partition coefficient (Wildman–Crippen LogP) is 2.15. The number of carbonyl (C=O) groups excluding carboxylic acids is 1. The van der Waals surface area contributed by atoms with Gasteiger partial charge >= 0.3 is 0 Å². The maximum Gasteiger partial charge on any atom is 0.293 e. The number of rotatable bonds is 4. The minimum absolute atomic E-state index is 0.0191. The summed E-state index contributed by atoms with van der Waals surface area (Å²) in [4.78, 5) is 31.8. The number of ether oxygens (including phenoxy) is 1. The Morgan fingerprint density at radius 2 is 2.07 bits per heavy atom. The van der Waals surface area contributed by atoms with Crippen LogP contribution in [-0.2, 0) is 18.4 Å². The SMILES string of the molecule is COc1cccn(CC(=O)N2CCC[C@H](c3nc4ccccc4n3C)C2)c1=O. The Morgan fingerprint density at radius 3 is 2.86 bits per heavy atom. The molecule has 1 aromatic carbocycles. The van der Waals surface area contributed by atoms with Gasteiger partial charge < -0.3 is 18.8 Å². The Kier molecular flexibility index (Phi) is 4.90. The van der Waals surface area contributed by atoms with Crippen molar-refractivity contribution in [2.75, 3.05) is 20.2 Å². The summed E-state index contributed by atoms with van der Waals surface area (Å²) in [6.07, 6.45) is 3.54. The number of fused-ring (bicyclic) bond motifs is 1. The number of carbonyl (C=O) groups is 1. The highest BCUT2D eigenvalue weighted by molar-refractivity contribution is 5.77. The second-order valence-electron chi connectivity index (χ2n) is 7.21. The van der Waals surface area contributed by atoms with Gasteiger partial charge in [-0.2, -0.15) is 0 Å². The summed E-state index contributed by atoms with van der Waals surface area (Å²) in [6, 6.07) is 11.4. The molecule has 0 bridgehead atoms. The summed E-state index contributed by atoms with van der Waals surface area (Å²) in [5, 5.41) is 0. The van der Waals surface area contributed by atoms with Crippen LogP contribution in [-0.4, -0.2) is 45.1 Å². The van der Waals surface area contributed by atoms with Gasteiger partial charge in [0.15, 0.2) is 5.75 Å². The monoisotopic (exact) mass is 380 g/mol. The van der Waals surface area contributed by atoms with Crippen LogP contribution in [0.3, 0.4) is 0 Å². The zero-order chi connectivity index (χ0) is 19.7. The van der Waals surface area contributed by atoms with Gasteiger partial charge in [0.05, 0.1) is 18.1 Å². The molecule has 4 rings (SSSR count). The number of likely N-dealkylation sites (tertiary alicyclic amines) is 1. The molecule has 0 spiro atoms. The number of benzene rings is 1. The molecule has 0 saturated carbocycles. The van der Waals surface area contributed by atoms with Crippen molar-refractivity contribution in [3.8, 4) is 5.75 Å². The minimum atomic E-state index is -0.290. The van der Waals surface area contributed by atoms with Crippen LogP contribution in [0.15, 0.2) is 47.4 Å². The van der Waals surface area contributed by atoms with Crippen LogP contribution in [0.1, 0.15) is 24.6 Å². The van der Waals surface area contributed by atoms with Crippen molar-refractivity contribution in [1.82, 2.24) is 19.0 Å². The van der Waals surface area contributed by atoms with E-state index in [4.69, 9.17) is 9.72 Å². The third-order valence-corrected chi connectivity index (χ3v) is 5.47. The van der Waals surface area contributed by atoms with Crippen molar-refractivity contribution in [2.45, 2.75) is 25.3 Å². The number of amides is 1. The number of hydrogen-bond donors (Lipinski definition) is 0. The largest absolute Gasteiger partial charge is 0.491 e. The lowest BCUT2D eigenvalue weighted by atomic mass is 9.97. The summed E-state index contributed by atoms with van der Waals surface area (Å²) in [6.45, 7) is 1.35. The first kappa shape index (κ1) is 18.3. The lowest BCUT2D eigenvalue weighted by molar-refractivity contribution is -0.133. The number of pyridine rings is 1. The molecule has 0 N–H and O–H groups in total. The first-order chi connectivity index (χ1) is 13.6. The Balaban J connectivity index is 1.53. The molecule has 1 atom stereocenters. The molecule has 28 heavy (non-hydrogen) atoms. The zero-order valence-corrected chi connectivity index (χ0v) is 16.2. The van der Waals surface area contributed by atoms with E-state index in [1.165, 1.54) is 11.7 Å². The summed E-state index contributed by atoms with van der Waals surface area (Å²) < 4.78 is 8.59. The van der Waals surface area contributed by atoms with E-state index in [2.05, 4.69) is 10.6 Å². The third-order valence-electron chi connectivity index (χ3n) is 5.47. The van der Waals surface area contributed by atoms with E-state index in [9.17, 15) is 9.59 Å². The highest BCUT2D eigenvalue weighted by atomic mass is 16.5. The molecule has 2 aromatic heterocycles. The Bertz CT molecular complexity index is 1070. The van der Waals surface area contributed by atoms with E-state index in [-0.39, 0.29) is 29.7 Å². The first-order valence-corrected chi connectivity index (χ1v) is 9.51. The van der Waals surface area contributed by atoms with Gasteiger partial charge in [-0.25, -0.2) is 4.98 Å². The van der Waals surface area contributed by atoms with Crippen molar-refractivity contribution >= 4 is 16.9 Å². The molecule has 0 radical (unpaired) electrons. The van der Waals surface area contributed by atoms with Gasteiger partial charge in [-0.05, 0) is 37.1 Å². The van der Waals surface area contributed by atoms with Crippen LogP contribution >= 0.6 is 0 Å². The molecule has 1 fully saturated rings. The highest BCUT2D eigenvalue weighted by Crippen LogP contribution is 2.28. The lowest BCUT2D eigenvalue weighted by Gasteiger charge is -2.32. The lowest BCUT2D eigenvalue weighted by Crippen LogP contribution is -2.42. The van der Waals surface area contributed by atoms with E-state index in [1.807, 2.05) is 30.1 Å². The summed E-state index contributed by atoms with van der Waals surface area (Å²) in [5.74, 6) is 1.39. The number of nitrogens with zero attached hydrogens (tertiary/aromatic N) is 4. The van der Waals surface area contributed by atoms with Crippen molar-refractivity contribution in [1.29, 1.82) is 0 Å². The Labute approximate surface area is 163 Å². The fourth-order valence-corrected chi connectivity index (χ4v) is 3.98. The van der Waals surface area contributed by atoms with E-state index in [1.54, 1.807) is 18.3 Å². The average Bonchev–Trinajstić information content (AvgIpc) is 3.06. The fraction of sp³-hybridized carbons (Fsp3) is 0.381. The average molecular weight is 380 g/mol. The van der Waals surface area contributed by atoms with Gasteiger partial charge in [-0.3, -0.25) is 9.59 Å². The van der Waals surface area contributed by atoms with Crippen molar-refractivity contribution in [3.63, 3.8) is 0 Å². The quantitative estimate of drug-likeness (QED) is 0.695. The number of piperidine rings is 1. The number of imidazole rings is 1. The van der Waals surface area contributed by atoms with Crippen LogP contribution < -0.4 is 10.3 Å². The van der Waals surface area contributed by atoms with Crippen LogP contribution in [0.4, 0.5) is 0 Å². The van der Waals surface area contributed by atoms with Crippen molar-refractivity contribution in [3.05, 3.63) is 58.8 Å². The van der Waals surface area contributed by atoms with E-state index < -0.39 is 0 Å². The molecule has 0 unspecified atom stereocenters. The molecular weight excluding hydrogens is 356 g/mol. The zero-order valence-electron chi connectivity index (χ0n) is 16.2. The smallest absolute Gasteiger partial charge is 0.293 e. The Hall–Kier alpha value is -3.09. The van der Waals surface area contributed by atoms with Crippen molar-refractivity contribution in [2.24, 2.45) is 7.05 Å². The number of aryl methyl sites for hydroxylation is 1. The molecule has 1 saturated heterocycles. The van der Waals surface area contributed by atoms with Gasteiger partial charge in [0.25, 0.3) is 5.56 Å². The molecule has 1 aliphatic heterocycles. The summed E-state index contributed by atoms with van der Waals surface area (Å²) in [7, 11) is 3.48. The summed E-state index contributed by atoms with van der Waals surface area (Å²) >= 11 is 0. The van der Waals surface area contributed by atoms with Gasteiger partial charge in [0.1, 0.15) is 12.4 Å². The maximum absolute atomic E-state index is 12.9. The molecule has 0 aliphatic carbocycles. The molecule has 1 amide bonds. The van der Waals surface area contributed by atoms with Gasteiger partial charge in [-0.1, -0.05) is 12.1 Å². The standard InChI is InChI=1S/C21H24N4O3/c1-23-17-9-4-3-8-16(17)22-20(23)15-7-5-11-24(13-15)19(26)14-25-12-6-10-18(28-2)21(25)27/h3-4,6,8-10,12,15H,5,7,11,13-14H2,1-2H3/t15-/m0/s1. The van der Waals surface area contributed by atoms with Gasteiger partial charge in [0.2, 0.25) is 5.91 Å². The van der Waals surface area contributed by atoms with Crippen molar-refractivity contribution < 1.29 is 9.53 Å². The molecule has 3 heterocycles. The van der Waals surface area contributed by atoms with Crippen LogP contribution in [0.25, 0.3) is 11.0 Å². The number of para-hydroxylation sites is 2. The molecule has 3 aromatic rings. The minimum Gasteiger partial charge on any atom is -0.491 e. The van der Waals surface area contributed by atoms with E-state index in [0.29, 0.717) is 13.1 Å². The fourth-order valence-electron chi connectivity index (χ4n) is 3.98. The third kappa shape index (κ3) is 3.28. The summed E-state index contributed by atoms with van der Waals surface area (Å²) in [5.41, 5.74) is 1.79. The molecular formula is C21H24N4O3. The van der Waals surface area contributed by atoms with E-state index >= 15 is 0 Å². The molecule has 7 heteroatoms. The predicted molar refractivity (Wildman–Crippen MR) is 107 cm³/mol. The van der Waals surface area contributed by atoms with Gasteiger partial charge in [0, 0.05) is 32.3 Å².